The summed E-state index contributed by atoms with van der Waals surface area (Å²) < 4.78 is 6.01. The molecule has 1 aliphatic rings. The molecule has 0 aromatic heterocycles. The number of ether oxygens (including phenoxy) is 1. The predicted octanol–water partition coefficient (Wildman–Crippen LogP) is 3.51. The van der Waals surface area contributed by atoms with Gasteiger partial charge in [-0.2, -0.15) is 0 Å². The quantitative estimate of drug-likeness (QED) is 0.567. The van der Waals surface area contributed by atoms with E-state index in [2.05, 4.69) is 54.6 Å². The van der Waals surface area contributed by atoms with Gasteiger partial charge >= 0.3 is 0 Å². The lowest BCUT2D eigenvalue weighted by molar-refractivity contribution is 0.338. The molecule has 2 heteroatoms. The van der Waals surface area contributed by atoms with Crippen molar-refractivity contribution in [3.8, 4) is 5.75 Å². The smallest absolute Gasteiger partial charge is 0.153 e. The van der Waals surface area contributed by atoms with E-state index in [1.807, 2.05) is 0 Å². The van der Waals surface area contributed by atoms with Crippen molar-refractivity contribution < 1.29 is 4.74 Å². The Balaban J connectivity index is 2.35. The maximum Gasteiger partial charge on any atom is 0.153 e. The minimum Gasteiger partial charge on any atom is -0.480 e. The van der Waals surface area contributed by atoms with E-state index >= 15 is 0 Å². The Morgan fingerprint density at radius 2 is 2.23 bits per heavy atom. The van der Waals surface area contributed by atoms with Crippen LogP contribution in [0.5, 0.6) is 5.75 Å². The van der Waals surface area contributed by atoms with Gasteiger partial charge in [0.25, 0.3) is 0 Å². The average Bonchev–Trinajstić information content (AvgIpc) is 2.42. The van der Waals surface area contributed by atoms with Gasteiger partial charge in [-0.25, -0.2) is 0 Å². The molecule has 1 aliphatic heterocycles. The van der Waals surface area contributed by atoms with E-state index in [0.29, 0.717) is 10.0 Å². The molecule has 70 valence electrons. The van der Waals surface area contributed by atoms with Crippen LogP contribution < -0.4 is 4.74 Å². The zero-order valence-electron chi connectivity index (χ0n) is 7.88. The highest BCUT2D eigenvalue weighted by Gasteiger charge is 2.20. The fourth-order valence-electron chi connectivity index (χ4n) is 1.56. The van der Waals surface area contributed by atoms with Crippen LogP contribution in [0.4, 0.5) is 0 Å². The van der Waals surface area contributed by atoms with Crippen molar-refractivity contribution in [2.24, 2.45) is 0 Å². The van der Waals surface area contributed by atoms with E-state index < -0.39 is 0 Å². The Labute approximate surface area is 92.6 Å². The first-order chi connectivity index (χ1) is 6.16. The molecule has 0 radical (unpaired) electrons. The summed E-state index contributed by atoms with van der Waals surface area (Å²) in [6.07, 6.45) is 1.05. The van der Waals surface area contributed by atoms with Crippen molar-refractivity contribution in [1.29, 1.82) is 0 Å². The van der Waals surface area contributed by atoms with Crippen LogP contribution in [0.15, 0.2) is 18.2 Å². The number of rotatable bonds is 1. The van der Waals surface area contributed by atoms with Crippen molar-refractivity contribution in [3.63, 3.8) is 0 Å². The Bertz CT molecular complexity index is 320. The first-order valence-corrected chi connectivity index (χ1v) is 5.85. The fraction of sp³-hybridized carbons (Fsp3) is 0.455. The van der Waals surface area contributed by atoms with Crippen molar-refractivity contribution in [2.75, 3.05) is 0 Å². The largest absolute Gasteiger partial charge is 0.480 e. The normalized spacial score (nSPS) is 20.2. The third kappa shape index (κ3) is 1.82. The molecule has 0 saturated carbocycles. The third-order valence-corrected chi connectivity index (χ3v) is 3.09. The second-order valence-corrected chi connectivity index (χ2v) is 5.14. The molecule has 2 rings (SSSR count). The maximum atomic E-state index is 5.68. The van der Waals surface area contributed by atoms with E-state index in [1.165, 1.54) is 11.1 Å². The van der Waals surface area contributed by atoms with Crippen LogP contribution in [-0.4, -0.2) is 4.11 Å². The lowest BCUT2D eigenvalue weighted by atomic mass is 10.0. The Hall–Kier alpha value is -0.250. The second kappa shape index (κ2) is 3.48. The first-order valence-electron chi connectivity index (χ1n) is 4.60. The first kappa shape index (κ1) is 9.31. The van der Waals surface area contributed by atoms with Crippen LogP contribution in [0.2, 0.25) is 0 Å². The summed E-state index contributed by atoms with van der Waals surface area (Å²) in [6.45, 7) is 4.41. The van der Waals surface area contributed by atoms with Gasteiger partial charge in [-0.1, -0.05) is 26.0 Å². The number of benzene rings is 1. The van der Waals surface area contributed by atoms with E-state index in [0.717, 1.165) is 12.2 Å². The van der Waals surface area contributed by atoms with Gasteiger partial charge in [0.15, 0.2) is 4.11 Å². The SMILES string of the molecule is CC(C)c1ccc2c(c1)OC(I)C2. The molecule has 0 N–H and O–H groups in total. The lowest BCUT2D eigenvalue weighted by Gasteiger charge is -2.07. The Morgan fingerprint density at radius 1 is 1.46 bits per heavy atom. The van der Waals surface area contributed by atoms with E-state index in [4.69, 9.17) is 4.74 Å². The molecule has 1 atom stereocenters. The predicted molar refractivity (Wildman–Crippen MR) is 62.7 cm³/mol. The minimum atomic E-state index is 0.329. The molecule has 0 spiro atoms. The summed E-state index contributed by atoms with van der Waals surface area (Å²) in [7, 11) is 0. The molecular formula is C11H13IO. The van der Waals surface area contributed by atoms with Gasteiger partial charge in [0, 0.05) is 6.42 Å². The van der Waals surface area contributed by atoms with Crippen molar-refractivity contribution in [3.05, 3.63) is 29.3 Å². The zero-order chi connectivity index (χ0) is 9.42. The van der Waals surface area contributed by atoms with Gasteiger partial charge < -0.3 is 4.74 Å². The number of hydrogen-bond donors (Lipinski definition) is 0. The van der Waals surface area contributed by atoms with Gasteiger partial charge in [-0.15, -0.1) is 0 Å². The summed E-state index contributed by atoms with van der Waals surface area (Å²) in [5, 5.41) is 0. The highest BCUT2D eigenvalue weighted by Crippen LogP contribution is 2.33. The molecule has 0 saturated heterocycles. The molecule has 0 fully saturated rings. The monoisotopic (exact) mass is 288 g/mol. The van der Waals surface area contributed by atoms with Gasteiger partial charge in [0.05, 0.1) is 0 Å². The van der Waals surface area contributed by atoms with Crippen LogP contribution in [0, 0.1) is 0 Å². The van der Waals surface area contributed by atoms with Gasteiger partial charge in [0.2, 0.25) is 0 Å². The summed E-state index contributed by atoms with van der Waals surface area (Å²) in [6, 6.07) is 6.59. The topological polar surface area (TPSA) is 9.23 Å². The molecular weight excluding hydrogens is 275 g/mol. The number of halogens is 1. The minimum absolute atomic E-state index is 0.329. The number of hydrogen-bond acceptors (Lipinski definition) is 1. The molecule has 1 unspecified atom stereocenters. The third-order valence-electron chi connectivity index (χ3n) is 2.39. The summed E-state index contributed by atoms with van der Waals surface area (Å²) in [5.74, 6) is 1.67. The number of alkyl halides is 1. The van der Waals surface area contributed by atoms with E-state index in [9.17, 15) is 0 Å². The second-order valence-electron chi connectivity index (χ2n) is 3.75. The molecule has 0 amide bonds. The highest BCUT2D eigenvalue weighted by molar-refractivity contribution is 14.1. The van der Waals surface area contributed by atoms with E-state index in [1.54, 1.807) is 0 Å². The van der Waals surface area contributed by atoms with Gasteiger partial charge in [0.1, 0.15) is 5.75 Å². The van der Waals surface area contributed by atoms with Crippen LogP contribution in [0.1, 0.15) is 30.9 Å². The molecule has 1 heterocycles. The van der Waals surface area contributed by atoms with Crippen LogP contribution >= 0.6 is 22.6 Å². The Morgan fingerprint density at radius 3 is 2.92 bits per heavy atom. The lowest BCUT2D eigenvalue weighted by Crippen LogP contribution is -2.00. The summed E-state index contributed by atoms with van der Waals surface area (Å²) in [5.41, 5.74) is 2.72. The van der Waals surface area contributed by atoms with Crippen LogP contribution in [-0.2, 0) is 6.42 Å². The Kier molecular flexibility index (Phi) is 2.49. The van der Waals surface area contributed by atoms with Gasteiger partial charge in [-0.3, -0.25) is 0 Å². The average molecular weight is 288 g/mol. The molecule has 1 aromatic rings. The maximum absolute atomic E-state index is 5.68. The fourth-order valence-corrected chi connectivity index (χ4v) is 2.31. The van der Waals surface area contributed by atoms with Crippen molar-refractivity contribution in [1.82, 2.24) is 0 Å². The molecule has 1 aromatic carbocycles. The van der Waals surface area contributed by atoms with Crippen molar-refractivity contribution in [2.45, 2.75) is 30.3 Å². The van der Waals surface area contributed by atoms with Crippen LogP contribution in [0.3, 0.4) is 0 Å². The summed E-state index contributed by atoms with van der Waals surface area (Å²) >= 11 is 2.33. The molecule has 1 nitrogen and oxygen atoms in total. The summed E-state index contributed by atoms with van der Waals surface area (Å²) in [4.78, 5) is 0. The zero-order valence-corrected chi connectivity index (χ0v) is 10.0. The van der Waals surface area contributed by atoms with Crippen molar-refractivity contribution >= 4 is 22.6 Å². The van der Waals surface area contributed by atoms with E-state index in [-0.39, 0.29) is 0 Å². The van der Waals surface area contributed by atoms with Gasteiger partial charge in [-0.05, 0) is 45.7 Å². The highest BCUT2D eigenvalue weighted by atomic mass is 127. The standard InChI is InChI=1S/C11H13IO/c1-7(2)8-3-4-9-6-11(12)13-10(9)5-8/h3-5,7,11H,6H2,1-2H3. The molecule has 0 bridgehead atoms. The molecule has 0 aliphatic carbocycles. The number of fused-ring (bicyclic) bond motifs is 1. The molecule has 13 heavy (non-hydrogen) atoms. The van der Waals surface area contributed by atoms with Crippen LogP contribution in [0.25, 0.3) is 0 Å².